The number of fused-ring (bicyclic) bond motifs is 6. The van der Waals surface area contributed by atoms with Crippen molar-refractivity contribution in [1.29, 1.82) is 0 Å². The van der Waals surface area contributed by atoms with E-state index in [1.54, 1.807) is 7.11 Å². The number of nitrogens with zero attached hydrogens (tertiary/aromatic N) is 1. The predicted molar refractivity (Wildman–Crippen MR) is 148 cm³/mol. The highest BCUT2D eigenvalue weighted by Gasteiger charge is 2.40. The van der Waals surface area contributed by atoms with Gasteiger partial charge in [-0.05, 0) is 71.1 Å². The van der Waals surface area contributed by atoms with Crippen LogP contribution in [0.5, 0.6) is 5.75 Å². The number of para-hydroxylation sites is 2. The largest absolute Gasteiger partial charge is 0.497 e. The SMILES string of the molecule is CCCCCCC1(C)c2cc(OC)ccc2-c2cc3c4ccccc4n(-c4ccccc4)c3cc21. The zero-order valence-corrected chi connectivity index (χ0v) is 21.0. The first-order valence-electron chi connectivity index (χ1n) is 13.0. The van der Waals surface area contributed by atoms with E-state index in [9.17, 15) is 0 Å². The normalized spacial score (nSPS) is 16.5. The highest BCUT2D eigenvalue weighted by atomic mass is 16.5. The second-order valence-electron chi connectivity index (χ2n) is 10.2. The fraction of sp³-hybridized carbons (Fsp3) is 0.273. The summed E-state index contributed by atoms with van der Waals surface area (Å²) < 4.78 is 8.10. The summed E-state index contributed by atoms with van der Waals surface area (Å²) in [5, 5.41) is 2.63. The Balaban J connectivity index is 1.63. The zero-order chi connectivity index (χ0) is 24.0. The fourth-order valence-corrected chi connectivity index (χ4v) is 6.21. The molecule has 1 aliphatic carbocycles. The molecule has 0 fully saturated rings. The van der Waals surface area contributed by atoms with Gasteiger partial charge < -0.3 is 9.30 Å². The van der Waals surface area contributed by atoms with E-state index in [0.29, 0.717) is 0 Å². The number of aromatic nitrogens is 1. The summed E-state index contributed by atoms with van der Waals surface area (Å²) in [6.45, 7) is 4.73. The first-order valence-corrected chi connectivity index (χ1v) is 13.0. The van der Waals surface area contributed by atoms with Gasteiger partial charge in [0.05, 0.1) is 18.1 Å². The summed E-state index contributed by atoms with van der Waals surface area (Å²) in [6.07, 6.45) is 6.23. The first kappa shape index (κ1) is 22.0. The van der Waals surface area contributed by atoms with Crippen LogP contribution in [0.4, 0.5) is 0 Å². The second kappa shape index (κ2) is 8.61. The van der Waals surface area contributed by atoms with Crippen LogP contribution in [0, 0.1) is 0 Å². The Kier molecular flexibility index (Phi) is 5.40. The summed E-state index contributed by atoms with van der Waals surface area (Å²) in [6, 6.07) is 31.2. The third kappa shape index (κ3) is 3.38. The number of benzene rings is 4. The molecule has 0 N–H and O–H groups in total. The second-order valence-corrected chi connectivity index (χ2v) is 10.2. The molecule has 2 heteroatoms. The number of hydrogen-bond acceptors (Lipinski definition) is 1. The monoisotopic (exact) mass is 459 g/mol. The molecule has 0 bridgehead atoms. The molecular weight excluding hydrogens is 426 g/mol. The van der Waals surface area contributed by atoms with Crippen LogP contribution in [0.2, 0.25) is 0 Å². The smallest absolute Gasteiger partial charge is 0.119 e. The van der Waals surface area contributed by atoms with Gasteiger partial charge in [-0.3, -0.25) is 0 Å². The van der Waals surface area contributed by atoms with E-state index >= 15 is 0 Å². The van der Waals surface area contributed by atoms with Gasteiger partial charge in [-0.25, -0.2) is 0 Å². The van der Waals surface area contributed by atoms with Crippen LogP contribution in [-0.4, -0.2) is 11.7 Å². The van der Waals surface area contributed by atoms with Gasteiger partial charge in [0.1, 0.15) is 5.75 Å². The lowest BCUT2D eigenvalue weighted by atomic mass is 9.76. The molecule has 0 saturated carbocycles. The van der Waals surface area contributed by atoms with E-state index in [2.05, 4.69) is 103 Å². The third-order valence-corrected chi connectivity index (χ3v) is 8.06. The van der Waals surface area contributed by atoms with Crippen LogP contribution in [0.25, 0.3) is 38.6 Å². The molecule has 0 aliphatic heterocycles. The molecule has 1 heterocycles. The number of unbranched alkanes of at least 4 members (excludes halogenated alkanes) is 3. The Bertz CT molecular complexity index is 1530. The quantitative estimate of drug-likeness (QED) is 0.221. The van der Waals surface area contributed by atoms with E-state index in [0.717, 1.165) is 12.2 Å². The van der Waals surface area contributed by atoms with Crippen LogP contribution in [0.3, 0.4) is 0 Å². The van der Waals surface area contributed by atoms with Gasteiger partial charge in [0, 0.05) is 21.9 Å². The molecule has 5 aromatic rings. The van der Waals surface area contributed by atoms with Crippen LogP contribution in [-0.2, 0) is 5.41 Å². The average Bonchev–Trinajstić information content (AvgIpc) is 3.35. The first-order chi connectivity index (χ1) is 17.2. The number of ether oxygens (including phenoxy) is 1. The molecular formula is C33H33NO. The van der Waals surface area contributed by atoms with Crippen molar-refractivity contribution in [3.8, 4) is 22.6 Å². The van der Waals surface area contributed by atoms with Gasteiger partial charge in [-0.15, -0.1) is 0 Å². The van der Waals surface area contributed by atoms with Crippen molar-refractivity contribution >= 4 is 21.8 Å². The summed E-state index contributed by atoms with van der Waals surface area (Å²) in [5.74, 6) is 0.945. The van der Waals surface area contributed by atoms with Crippen molar-refractivity contribution < 1.29 is 4.74 Å². The zero-order valence-electron chi connectivity index (χ0n) is 21.0. The Morgan fingerprint density at radius 1 is 0.714 bits per heavy atom. The third-order valence-electron chi connectivity index (χ3n) is 8.06. The molecule has 1 aliphatic rings. The molecule has 1 atom stereocenters. The van der Waals surface area contributed by atoms with Crippen molar-refractivity contribution in [2.45, 2.75) is 51.4 Å². The van der Waals surface area contributed by atoms with Gasteiger partial charge in [0.15, 0.2) is 0 Å². The lowest BCUT2D eigenvalue weighted by Crippen LogP contribution is -2.20. The van der Waals surface area contributed by atoms with Crippen LogP contribution >= 0.6 is 0 Å². The number of methoxy groups -OCH3 is 1. The van der Waals surface area contributed by atoms with E-state index in [1.807, 2.05) is 0 Å². The van der Waals surface area contributed by atoms with Gasteiger partial charge in [-0.1, -0.05) is 82.0 Å². The average molecular weight is 460 g/mol. The maximum Gasteiger partial charge on any atom is 0.119 e. The lowest BCUT2D eigenvalue weighted by molar-refractivity contribution is 0.412. The molecule has 35 heavy (non-hydrogen) atoms. The topological polar surface area (TPSA) is 14.2 Å². The Morgan fingerprint density at radius 2 is 1.49 bits per heavy atom. The molecule has 1 unspecified atom stereocenters. The Morgan fingerprint density at radius 3 is 2.29 bits per heavy atom. The molecule has 4 aromatic carbocycles. The van der Waals surface area contributed by atoms with Crippen molar-refractivity contribution in [3.05, 3.63) is 96.1 Å². The highest BCUT2D eigenvalue weighted by molar-refractivity contribution is 6.11. The summed E-state index contributed by atoms with van der Waals surface area (Å²) >= 11 is 0. The van der Waals surface area contributed by atoms with E-state index in [4.69, 9.17) is 4.74 Å². The molecule has 0 saturated heterocycles. The van der Waals surface area contributed by atoms with Crippen molar-refractivity contribution in [1.82, 2.24) is 4.57 Å². The highest BCUT2D eigenvalue weighted by Crippen LogP contribution is 2.54. The molecule has 0 radical (unpaired) electrons. The van der Waals surface area contributed by atoms with Gasteiger partial charge in [-0.2, -0.15) is 0 Å². The lowest BCUT2D eigenvalue weighted by Gasteiger charge is -2.28. The minimum atomic E-state index is -0.0287. The van der Waals surface area contributed by atoms with Crippen LogP contribution in [0.1, 0.15) is 57.1 Å². The summed E-state index contributed by atoms with van der Waals surface area (Å²) in [4.78, 5) is 0. The minimum absolute atomic E-state index is 0.0287. The van der Waals surface area contributed by atoms with Gasteiger partial charge in [0.25, 0.3) is 0 Å². The van der Waals surface area contributed by atoms with Crippen LogP contribution < -0.4 is 4.74 Å². The summed E-state index contributed by atoms with van der Waals surface area (Å²) in [5.41, 5.74) is 9.32. The van der Waals surface area contributed by atoms with Gasteiger partial charge >= 0.3 is 0 Å². The molecule has 1 aromatic heterocycles. The van der Waals surface area contributed by atoms with E-state index in [1.165, 1.54) is 75.4 Å². The Hall–Kier alpha value is -3.52. The maximum atomic E-state index is 5.67. The standard InChI is InChI=1S/C33H33NO/c1-4-5-6-12-19-33(2)29-20-24(35-3)17-18-25(29)27-21-28-26-15-10-11-16-31(26)34(32(28)22-30(27)33)23-13-8-7-9-14-23/h7-11,13-18,20-22H,4-6,12,19H2,1-3H3. The van der Waals surface area contributed by atoms with Crippen molar-refractivity contribution in [2.75, 3.05) is 7.11 Å². The minimum Gasteiger partial charge on any atom is -0.497 e. The Labute approximate surface area is 208 Å². The predicted octanol–water partition coefficient (Wildman–Crippen LogP) is 9.05. The molecule has 6 rings (SSSR count). The molecule has 176 valence electrons. The molecule has 0 amide bonds. The maximum absolute atomic E-state index is 5.67. The van der Waals surface area contributed by atoms with E-state index < -0.39 is 0 Å². The number of hydrogen-bond donors (Lipinski definition) is 0. The van der Waals surface area contributed by atoms with Crippen molar-refractivity contribution in [2.24, 2.45) is 0 Å². The van der Waals surface area contributed by atoms with Crippen LogP contribution in [0.15, 0.2) is 84.9 Å². The van der Waals surface area contributed by atoms with Crippen molar-refractivity contribution in [3.63, 3.8) is 0 Å². The summed E-state index contributed by atoms with van der Waals surface area (Å²) in [7, 11) is 1.77. The molecule has 0 spiro atoms. The number of rotatable bonds is 7. The van der Waals surface area contributed by atoms with E-state index in [-0.39, 0.29) is 5.41 Å². The molecule has 2 nitrogen and oxygen atoms in total. The fourth-order valence-electron chi connectivity index (χ4n) is 6.21. The van der Waals surface area contributed by atoms with Gasteiger partial charge in [0.2, 0.25) is 0 Å².